The highest BCUT2D eigenvalue weighted by Gasteiger charge is 2.19. The van der Waals surface area contributed by atoms with Crippen LogP contribution in [0.25, 0.3) is 0 Å². The molecule has 5 heteroatoms. The number of aldehydes is 1. The molecule has 0 atom stereocenters. The molecule has 0 aliphatic carbocycles. The summed E-state index contributed by atoms with van der Waals surface area (Å²) in [4.78, 5) is 13.8. The van der Waals surface area contributed by atoms with Crippen LogP contribution in [0.1, 0.15) is 22.5 Å². The Bertz CT molecular complexity index is 315. The second-order valence-corrected chi connectivity index (χ2v) is 2.23. The number of alkyl halides is 2. The Kier molecular flexibility index (Phi) is 2.89. The number of rotatable bonds is 3. The van der Waals surface area contributed by atoms with Crippen LogP contribution < -0.4 is 4.74 Å². The van der Waals surface area contributed by atoms with Crippen LogP contribution in [0.3, 0.4) is 0 Å². The van der Waals surface area contributed by atoms with E-state index >= 15 is 0 Å². The van der Waals surface area contributed by atoms with Crippen LogP contribution in [0.5, 0.6) is 5.75 Å². The summed E-state index contributed by atoms with van der Waals surface area (Å²) >= 11 is 0. The van der Waals surface area contributed by atoms with E-state index in [4.69, 9.17) is 0 Å². The third-order valence-corrected chi connectivity index (χ3v) is 1.53. The van der Waals surface area contributed by atoms with Crippen molar-refractivity contribution in [1.29, 1.82) is 0 Å². The molecule has 0 N–H and O–H groups in total. The van der Waals surface area contributed by atoms with Gasteiger partial charge < -0.3 is 4.74 Å². The van der Waals surface area contributed by atoms with Crippen molar-refractivity contribution in [3.63, 3.8) is 0 Å². The second kappa shape index (κ2) is 3.93. The molecule has 70 valence electrons. The molecule has 0 bridgehead atoms. The minimum Gasteiger partial charge on any atom is -0.496 e. The lowest BCUT2D eigenvalue weighted by atomic mass is 10.2. The Morgan fingerprint density at radius 2 is 2.31 bits per heavy atom. The van der Waals surface area contributed by atoms with Crippen LogP contribution in [0.2, 0.25) is 0 Å². The highest BCUT2D eigenvalue weighted by atomic mass is 19.3. The zero-order chi connectivity index (χ0) is 9.84. The second-order valence-electron chi connectivity index (χ2n) is 2.23. The quantitative estimate of drug-likeness (QED) is 0.677. The summed E-state index contributed by atoms with van der Waals surface area (Å²) in [5, 5.41) is 0. The topological polar surface area (TPSA) is 39.2 Å². The van der Waals surface area contributed by atoms with Gasteiger partial charge in [-0.15, -0.1) is 0 Å². The lowest BCUT2D eigenvalue weighted by Crippen LogP contribution is -2.00. The lowest BCUT2D eigenvalue weighted by Gasteiger charge is -2.07. The van der Waals surface area contributed by atoms with Crippen molar-refractivity contribution in [2.45, 2.75) is 6.43 Å². The molecule has 0 aromatic carbocycles. The molecule has 1 aromatic rings. The third-order valence-electron chi connectivity index (χ3n) is 1.53. The molecule has 0 aliphatic rings. The molecule has 0 saturated heterocycles. The fraction of sp³-hybridized carbons (Fsp3) is 0.250. The van der Waals surface area contributed by atoms with E-state index in [1.54, 1.807) is 0 Å². The molecule has 0 saturated carbocycles. The van der Waals surface area contributed by atoms with Crippen molar-refractivity contribution in [3.8, 4) is 5.75 Å². The monoisotopic (exact) mass is 187 g/mol. The third kappa shape index (κ3) is 1.80. The van der Waals surface area contributed by atoms with E-state index in [0.717, 1.165) is 0 Å². The maximum Gasteiger partial charge on any atom is 0.269 e. The summed E-state index contributed by atoms with van der Waals surface area (Å²) in [5.74, 6) is -0.0212. The van der Waals surface area contributed by atoms with Gasteiger partial charge in [-0.1, -0.05) is 0 Å². The number of ether oxygens (including phenoxy) is 1. The van der Waals surface area contributed by atoms with E-state index in [-0.39, 0.29) is 17.7 Å². The molecule has 0 fully saturated rings. The number of aromatic nitrogens is 1. The van der Waals surface area contributed by atoms with Gasteiger partial charge >= 0.3 is 0 Å². The number of methoxy groups -OCH3 is 1. The van der Waals surface area contributed by atoms with Crippen LogP contribution in [0, 0.1) is 0 Å². The van der Waals surface area contributed by atoms with Gasteiger partial charge in [0.05, 0.1) is 12.7 Å². The molecular weight excluding hydrogens is 180 g/mol. The normalized spacial score (nSPS) is 10.2. The lowest BCUT2D eigenvalue weighted by molar-refractivity contribution is 0.109. The largest absolute Gasteiger partial charge is 0.496 e. The summed E-state index contributed by atoms with van der Waals surface area (Å²) < 4.78 is 29.4. The molecule has 0 unspecified atom stereocenters. The number of pyridine rings is 1. The molecule has 1 aromatic heterocycles. The minimum atomic E-state index is -2.76. The molecule has 0 radical (unpaired) electrons. The van der Waals surface area contributed by atoms with Gasteiger partial charge in [0, 0.05) is 6.20 Å². The van der Waals surface area contributed by atoms with Crippen molar-refractivity contribution >= 4 is 6.29 Å². The van der Waals surface area contributed by atoms with Crippen molar-refractivity contribution in [2.75, 3.05) is 7.11 Å². The van der Waals surface area contributed by atoms with Crippen LogP contribution in [-0.4, -0.2) is 18.4 Å². The molecule has 0 spiro atoms. The van der Waals surface area contributed by atoms with Gasteiger partial charge in [0.25, 0.3) is 6.43 Å². The number of carbonyl (C=O) groups is 1. The maximum absolute atomic E-state index is 12.4. The molecule has 0 aliphatic heterocycles. The first kappa shape index (κ1) is 9.57. The van der Waals surface area contributed by atoms with Crippen LogP contribution in [0.15, 0.2) is 12.3 Å². The standard InChI is InChI=1S/C8H7F2NO2/c1-13-6-2-3-11-5(4-12)7(6)8(9)10/h2-4,8H,1H3. The van der Waals surface area contributed by atoms with E-state index in [0.29, 0.717) is 0 Å². The highest BCUT2D eigenvalue weighted by molar-refractivity contribution is 5.75. The molecule has 1 rings (SSSR count). The van der Waals surface area contributed by atoms with Crippen molar-refractivity contribution in [3.05, 3.63) is 23.5 Å². The van der Waals surface area contributed by atoms with Crippen LogP contribution in [0.4, 0.5) is 8.78 Å². The fourth-order valence-corrected chi connectivity index (χ4v) is 0.962. The smallest absolute Gasteiger partial charge is 0.269 e. The van der Waals surface area contributed by atoms with Crippen molar-refractivity contribution in [2.24, 2.45) is 0 Å². The van der Waals surface area contributed by atoms with E-state index < -0.39 is 12.0 Å². The first-order valence-electron chi connectivity index (χ1n) is 3.47. The predicted octanol–water partition coefficient (Wildman–Crippen LogP) is 1.84. The Labute approximate surface area is 73.4 Å². The first-order chi connectivity index (χ1) is 6.20. The molecule has 13 heavy (non-hydrogen) atoms. The Hall–Kier alpha value is -1.52. The summed E-state index contributed by atoms with van der Waals surface area (Å²) in [6.45, 7) is 0. The van der Waals surface area contributed by atoms with Crippen molar-refractivity contribution in [1.82, 2.24) is 4.98 Å². The van der Waals surface area contributed by atoms with E-state index in [2.05, 4.69) is 9.72 Å². The fourth-order valence-electron chi connectivity index (χ4n) is 0.962. The van der Waals surface area contributed by atoms with Gasteiger partial charge in [0.1, 0.15) is 11.4 Å². The first-order valence-corrected chi connectivity index (χ1v) is 3.47. The van der Waals surface area contributed by atoms with Gasteiger partial charge in [-0.25, -0.2) is 8.78 Å². The number of hydrogen-bond donors (Lipinski definition) is 0. The molecule has 0 amide bonds. The zero-order valence-electron chi connectivity index (χ0n) is 6.83. The van der Waals surface area contributed by atoms with E-state index in [9.17, 15) is 13.6 Å². The zero-order valence-corrected chi connectivity index (χ0v) is 6.83. The predicted molar refractivity (Wildman–Crippen MR) is 41.1 cm³/mol. The molecule has 1 heterocycles. The van der Waals surface area contributed by atoms with Crippen molar-refractivity contribution < 1.29 is 18.3 Å². The highest BCUT2D eigenvalue weighted by Crippen LogP contribution is 2.29. The van der Waals surface area contributed by atoms with E-state index in [1.165, 1.54) is 19.4 Å². The number of nitrogens with zero attached hydrogens (tertiary/aromatic N) is 1. The summed E-state index contributed by atoms with van der Waals surface area (Å²) in [7, 11) is 1.26. The summed E-state index contributed by atoms with van der Waals surface area (Å²) in [5.41, 5.74) is -0.741. The van der Waals surface area contributed by atoms with Gasteiger partial charge in [-0.05, 0) is 6.07 Å². The number of hydrogen-bond acceptors (Lipinski definition) is 3. The van der Waals surface area contributed by atoms with Gasteiger partial charge in [-0.2, -0.15) is 0 Å². The summed E-state index contributed by atoms with van der Waals surface area (Å²) in [6.07, 6.45) is -1.23. The average Bonchev–Trinajstić information content (AvgIpc) is 2.16. The van der Waals surface area contributed by atoms with Crippen LogP contribution in [-0.2, 0) is 0 Å². The Balaban J connectivity index is 3.29. The van der Waals surface area contributed by atoms with E-state index in [1.807, 2.05) is 0 Å². The maximum atomic E-state index is 12.4. The van der Waals surface area contributed by atoms with Gasteiger partial charge in [0.15, 0.2) is 6.29 Å². The van der Waals surface area contributed by atoms with Crippen LogP contribution >= 0.6 is 0 Å². The minimum absolute atomic E-state index is 0.0212. The molecule has 3 nitrogen and oxygen atoms in total. The number of halogens is 2. The Morgan fingerprint density at radius 1 is 1.62 bits per heavy atom. The Morgan fingerprint density at radius 3 is 2.77 bits per heavy atom. The molecular formula is C8H7F2NO2. The van der Waals surface area contributed by atoms with Gasteiger partial charge in [0.2, 0.25) is 0 Å². The summed E-state index contributed by atoms with van der Waals surface area (Å²) in [6, 6.07) is 1.29. The number of carbonyl (C=O) groups excluding carboxylic acids is 1. The SMILES string of the molecule is COc1ccnc(C=O)c1C(F)F. The average molecular weight is 187 g/mol. The van der Waals surface area contributed by atoms with Gasteiger partial charge in [-0.3, -0.25) is 9.78 Å².